The molecule has 0 bridgehead atoms. The van der Waals surface area contributed by atoms with Gasteiger partial charge in [0, 0.05) is 98.3 Å². The number of anilines is 3. The van der Waals surface area contributed by atoms with Crippen molar-refractivity contribution < 1.29 is 51.7 Å². The number of hydrogen-bond acceptors (Lipinski definition) is 14. The van der Waals surface area contributed by atoms with Crippen LogP contribution in [0, 0.1) is 34.2 Å². The van der Waals surface area contributed by atoms with Gasteiger partial charge in [0.2, 0.25) is 17.8 Å². The number of carbonyl (C=O) groups is 4. The lowest BCUT2D eigenvalue weighted by molar-refractivity contribution is -0.130. The van der Waals surface area contributed by atoms with Gasteiger partial charge in [-0.3, -0.25) is 14.4 Å². The van der Waals surface area contributed by atoms with E-state index in [2.05, 4.69) is 32.3 Å². The van der Waals surface area contributed by atoms with Crippen molar-refractivity contribution in [2.45, 2.75) is 57.0 Å². The summed E-state index contributed by atoms with van der Waals surface area (Å²) in [5.41, 5.74) is 3.86. The quantitative estimate of drug-likeness (QED) is 0.0346. The highest BCUT2D eigenvalue weighted by Crippen LogP contribution is 2.53. The number of aromatic nitrogens is 2. The third-order valence-corrected chi connectivity index (χ3v) is 16.7. The molecule has 6 aromatic carbocycles. The summed E-state index contributed by atoms with van der Waals surface area (Å²) in [6, 6.07) is 24.0. The lowest BCUT2D eigenvalue weighted by atomic mass is 9.62. The first-order valence-electron chi connectivity index (χ1n) is 28.7. The van der Waals surface area contributed by atoms with Crippen LogP contribution < -0.4 is 36.6 Å². The number of rotatable bonds is 22. The van der Waals surface area contributed by atoms with Crippen LogP contribution >= 0.6 is 34.8 Å². The topological polar surface area (TPSA) is 250 Å². The van der Waals surface area contributed by atoms with Crippen LogP contribution in [-0.4, -0.2) is 147 Å². The molecular weight excluding hydrogens is 1210 g/mol. The van der Waals surface area contributed by atoms with Gasteiger partial charge in [0.05, 0.1) is 61.4 Å². The minimum atomic E-state index is -1.84. The Hall–Kier alpha value is -8.17. The number of ether oxygens (including phenoxy) is 3. The molecule has 7 N–H and O–H groups in total. The number of phenols is 1. The predicted octanol–water partition coefficient (Wildman–Crippen LogP) is 10.4. The molecule has 25 heteroatoms. The van der Waals surface area contributed by atoms with Crippen LogP contribution in [0.1, 0.15) is 61.0 Å². The number of aromatic hydroxyl groups is 1. The number of likely N-dealkylation sites (N-methyl/N-ethyl adjacent to an activating group) is 1. The maximum Gasteiger partial charge on any atom is 0.314 e. The maximum atomic E-state index is 17.0. The molecule has 0 unspecified atom stereocenters. The van der Waals surface area contributed by atoms with E-state index in [1.165, 1.54) is 71.5 Å². The van der Waals surface area contributed by atoms with E-state index >= 15 is 13.2 Å². The molecule has 89 heavy (non-hydrogen) atoms. The van der Waals surface area contributed by atoms with E-state index < -0.39 is 64.1 Å². The van der Waals surface area contributed by atoms with Crippen molar-refractivity contribution in [1.82, 2.24) is 30.4 Å². The molecule has 2 saturated heterocycles. The number of nitrogens with one attached hydrogen (secondary N) is 4. The van der Waals surface area contributed by atoms with Crippen molar-refractivity contribution in [2.24, 2.45) is 11.1 Å². The van der Waals surface area contributed by atoms with Crippen molar-refractivity contribution in [3.05, 3.63) is 146 Å². The molecule has 0 saturated carbocycles. The Morgan fingerprint density at radius 2 is 1.61 bits per heavy atom. The summed E-state index contributed by atoms with van der Waals surface area (Å²) in [5, 5.41) is 35.4. The standard InChI is InChI=1S/C64H67Cl3F3N11O8/c1-63(2,3)34-50-64(35-71,44-15-14-38(65)31-47(44)68)53(41-11-8-12-45(66)54(41)69)57(76-50)60(85)75-48-16-13-37(30-49(48)87-5)59(84)73-19-25-88-27-28-89-26-24-79(4)51(83)17-18-74-62-77-56-43(58(78-62)80-20-22-81(23-21-80)61(72)86)33-46(67)52(55(56)70)42-32-39(82)29-36-9-6-7-10-40(36)42/h6-16,29-33,50,53,57,76,82H,17-28,34H2,1-5H3,(H2,72,86)(H,73,84)(H,75,85)(H,74,77,78)/t50-,53-,57+,64-/m0/s1. The average Bonchev–Trinajstić information content (AvgIpc) is 1.66. The van der Waals surface area contributed by atoms with Crippen LogP contribution in [0.3, 0.4) is 0 Å². The number of nitriles is 1. The number of urea groups is 1. The van der Waals surface area contributed by atoms with Gasteiger partial charge in [-0.1, -0.05) is 98.0 Å². The largest absolute Gasteiger partial charge is 0.508 e. The van der Waals surface area contributed by atoms with Gasteiger partial charge in [-0.05, 0) is 88.3 Å². The van der Waals surface area contributed by atoms with E-state index in [9.17, 15) is 29.5 Å². The zero-order valence-electron chi connectivity index (χ0n) is 49.5. The minimum absolute atomic E-state index is 0.0312. The highest BCUT2D eigenvalue weighted by Gasteiger charge is 2.61. The van der Waals surface area contributed by atoms with Gasteiger partial charge in [0.15, 0.2) is 5.82 Å². The highest BCUT2D eigenvalue weighted by atomic mass is 35.5. The van der Waals surface area contributed by atoms with Gasteiger partial charge in [-0.2, -0.15) is 10.2 Å². The van der Waals surface area contributed by atoms with Gasteiger partial charge in [0.25, 0.3) is 5.91 Å². The van der Waals surface area contributed by atoms with Crippen molar-refractivity contribution in [3.63, 3.8) is 0 Å². The third kappa shape index (κ3) is 14.5. The molecule has 0 spiro atoms. The second-order valence-electron chi connectivity index (χ2n) is 22.9. The van der Waals surface area contributed by atoms with Crippen molar-refractivity contribution in [3.8, 4) is 28.7 Å². The second-order valence-corrected chi connectivity index (χ2v) is 24.2. The molecule has 19 nitrogen and oxygen atoms in total. The number of nitrogens with zero attached hydrogens (tertiary/aromatic N) is 6. The maximum absolute atomic E-state index is 17.0. The fourth-order valence-electron chi connectivity index (χ4n) is 11.5. The molecule has 4 atom stereocenters. The lowest BCUT2D eigenvalue weighted by Crippen LogP contribution is -2.50. The summed E-state index contributed by atoms with van der Waals surface area (Å²) < 4.78 is 66.3. The molecule has 7 aromatic rings. The van der Waals surface area contributed by atoms with Crippen molar-refractivity contribution in [1.29, 1.82) is 5.26 Å². The van der Waals surface area contributed by atoms with E-state index in [4.69, 9.17) is 59.7 Å². The Balaban J connectivity index is 0.752. The van der Waals surface area contributed by atoms with Crippen LogP contribution in [-0.2, 0) is 24.5 Å². The molecule has 2 aliphatic rings. The van der Waals surface area contributed by atoms with E-state index in [-0.39, 0.29) is 131 Å². The van der Waals surface area contributed by atoms with Crippen molar-refractivity contribution >= 4 is 97.7 Å². The number of methoxy groups -OCH3 is 1. The smallest absolute Gasteiger partial charge is 0.314 e. The van der Waals surface area contributed by atoms with E-state index in [1.54, 1.807) is 31.3 Å². The molecular formula is C64H67Cl3F3N11O8. The normalized spacial score (nSPS) is 17.6. The highest BCUT2D eigenvalue weighted by molar-refractivity contribution is 6.35. The Kier molecular flexibility index (Phi) is 20.6. The van der Waals surface area contributed by atoms with Crippen LogP contribution in [0.2, 0.25) is 15.1 Å². The van der Waals surface area contributed by atoms with E-state index in [0.717, 1.165) is 6.07 Å². The lowest BCUT2D eigenvalue weighted by Gasteiger charge is -2.37. The SMILES string of the molecule is COc1cc(C(=O)NCCOCCOCCN(C)C(=O)CCNc2nc(N3CCN(C(N)=O)CC3)c3cc(Cl)c(-c4cc(O)cc5ccccc45)c(F)c3n2)ccc1NC(=O)[C@@H]1N[C@@H](CC(C)(C)C)[C@](C#N)(c2ccc(Cl)cc2F)[C@H]1c1cccc(Cl)c1F. The van der Waals surface area contributed by atoms with Gasteiger partial charge in [-0.25, -0.2) is 22.9 Å². The second kappa shape index (κ2) is 28.1. The average molecular weight is 1280 g/mol. The fourth-order valence-corrected chi connectivity index (χ4v) is 12.2. The van der Waals surface area contributed by atoms with Crippen molar-refractivity contribution in [2.75, 3.05) is 102 Å². The summed E-state index contributed by atoms with van der Waals surface area (Å²) >= 11 is 19.3. The van der Waals surface area contributed by atoms with Crippen LogP contribution in [0.5, 0.6) is 11.5 Å². The van der Waals surface area contributed by atoms with Gasteiger partial charge in [0.1, 0.15) is 39.9 Å². The zero-order chi connectivity index (χ0) is 63.9. The Morgan fingerprint density at radius 3 is 2.31 bits per heavy atom. The van der Waals surface area contributed by atoms with E-state index in [1.807, 2.05) is 37.8 Å². The number of phenolic OH excluding ortho intramolecular Hbond substituents is 1. The monoisotopic (exact) mass is 1280 g/mol. The number of halogens is 6. The number of fused-ring (bicyclic) bond motifs is 2. The number of primary amides is 1. The van der Waals surface area contributed by atoms with Crippen LogP contribution in [0.4, 0.5) is 35.4 Å². The van der Waals surface area contributed by atoms with Gasteiger partial charge >= 0.3 is 6.03 Å². The number of hydrogen-bond donors (Lipinski definition) is 6. The Morgan fingerprint density at radius 1 is 0.865 bits per heavy atom. The van der Waals surface area contributed by atoms with E-state index in [0.29, 0.717) is 53.7 Å². The number of nitrogens with two attached hydrogens (primary N) is 1. The third-order valence-electron chi connectivity index (χ3n) is 15.8. The molecule has 3 heterocycles. The van der Waals surface area contributed by atoms with Crippen LogP contribution in [0.15, 0.2) is 97.1 Å². The van der Waals surface area contributed by atoms with Gasteiger partial charge < -0.3 is 61.0 Å². The first-order chi connectivity index (χ1) is 42.5. The number of amides is 5. The zero-order valence-corrected chi connectivity index (χ0v) is 51.8. The Bertz CT molecular complexity index is 3870. The molecule has 1 aromatic heterocycles. The summed E-state index contributed by atoms with van der Waals surface area (Å²) in [7, 11) is 3.00. The summed E-state index contributed by atoms with van der Waals surface area (Å²) in [6.07, 6.45) is 0.302. The molecule has 468 valence electrons. The number of benzene rings is 6. The molecule has 2 aliphatic heterocycles. The predicted molar refractivity (Wildman–Crippen MR) is 336 cm³/mol. The summed E-state index contributed by atoms with van der Waals surface area (Å²) in [6.45, 7) is 8.33. The summed E-state index contributed by atoms with van der Waals surface area (Å²) in [5.74, 6) is -4.58. The molecule has 0 aliphatic carbocycles. The van der Waals surface area contributed by atoms with Crippen LogP contribution in [0.25, 0.3) is 32.8 Å². The number of carbonyl (C=O) groups excluding carboxylic acids is 4. The molecule has 2 fully saturated rings. The summed E-state index contributed by atoms with van der Waals surface area (Å²) in [4.78, 5) is 67.3. The molecule has 0 radical (unpaired) electrons. The first-order valence-corrected chi connectivity index (χ1v) is 29.8. The Labute approximate surface area is 527 Å². The first kappa shape index (κ1) is 65.3. The fraction of sp³-hybridized carbons (Fsp3) is 0.359. The van der Waals surface area contributed by atoms with Gasteiger partial charge in [-0.15, -0.1) is 0 Å². The number of piperazine rings is 1. The molecule has 9 rings (SSSR count). The molecule has 5 amide bonds. The minimum Gasteiger partial charge on any atom is -0.508 e.